The molecular weight excluding hydrogens is 440 g/mol. The van der Waals surface area contributed by atoms with E-state index >= 15 is 0 Å². The molecule has 0 bridgehead atoms. The number of aromatic nitrogens is 6. The first kappa shape index (κ1) is 17.2. The largest absolute Gasteiger partial charge is 0.420 e. The highest BCUT2D eigenvalue weighted by Gasteiger charge is 2.14. The number of tetrazole rings is 1. The minimum atomic E-state index is 0.450. The van der Waals surface area contributed by atoms with Gasteiger partial charge in [-0.05, 0) is 62.8 Å². The van der Waals surface area contributed by atoms with E-state index in [0.717, 1.165) is 15.7 Å². The zero-order valence-electron chi connectivity index (χ0n) is 13.1. The molecule has 2 heterocycles. The Kier molecular flexibility index (Phi) is 5.00. The molecule has 0 N–H and O–H groups in total. The van der Waals surface area contributed by atoms with E-state index < -0.39 is 0 Å². The Morgan fingerprint density at radius 3 is 2.65 bits per heavy atom. The van der Waals surface area contributed by atoms with Crippen molar-refractivity contribution in [3.8, 4) is 17.1 Å². The van der Waals surface area contributed by atoms with Crippen LogP contribution in [0.5, 0.6) is 0 Å². The topological polar surface area (TPSA) is 82.5 Å². The Bertz CT molecular complexity index is 1040. The van der Waals surface area contributed by atoms with E-state index in [4.69, 9.17) is 16.0 Å². The first-order valence-corrected chi connectivity index (χ1v) is 9.61. The molecule has 4 rings (SSSR count). The predicted octanol–water partition coefficient (Wildman–Crippen LogP) is 4.42. The van der Waals surface area contributed by atoms with Crippen LogP contribution in [0.4, 0.5) is 0 Å². The molecule has 2 aromatic carbocycles. The van der Waals surface area contributed by atoms with Crippen molar-refractivity contribution < 1.29 is 4.42 Å². The average Bonchev–Trinajstić information content (AvgIpc) is 3.30. The van der Waals surface area contributed by atoms with Gasteiger partial charge in [-0.15, -0.1) is 15.3 Å². The van der Waals surface area contributed by atoms with Gasteiger partial charge in [-0.3, -0.25) is 0 Å². The highest BCUT2D eigenvalue weighted by atomic mass is 79.9. The third-order valence-electron chi connectivity index (χ3n) is 3.41. The van der Waals surface area contributed by atoms with Crippen LogP contribution < -0.4 is 0 Å². The van der Waals surface area contributed by atoms with Crippen molar-refractivity contribution >= 4 is 39.3 Å². The molecule has 130 valence electrons. The third kappa shape index (κ3) is 3.64. The van der Waals surface area contributed by atoms with Crippen LogP contribution in [0.1, 0.15) is 5.89 Å². The summed E-state index contributed by atoms with van der Waals surface area (Å²) >= 11 is 10.8. The number of hydrogen-bond acceptors (Lipinski definition) is 7. The molecule has 0 saturated heterocycles. The van der Waals surface area contributed by atoms with Crippen molar-refractivity contribution in [3.63, 3.8) is 0 Å². The van der Waals surface area contributed by atoms with Crippen LogP contribution in [0.2, 0.25) is 5.02 Å². The summed E-state index contributed by atoms with van der Waals surface area (Å²) in [5.41, 5.74) is 1.67. The van der Waals surface area contributed by atoms with Crippen molar-refractivity contribution in [1.29, 1.82) is 0 Å². The van der Waals surface area contributed by atoms with E-state index in [0.29, 0.717) is 27.7 Å². The summed E-state index contributed by atoms with van der Waals surface area (Å²) in [6, 6.07) is 14.9. The van der Waals surface area contributed by atoms with Crippen molar-refractivity contribution in [1.82, 2.24) is 30.4 Å². The number of hydrogen-bond donors (Lipinski definition) is 0. The van der Waals surface area contributed by atoms with Gasteiger partial charge in [0.15, 0.2) is 0 Å². The van der Waals surface area contributed by atoms with Gasteiger partial charge >= 0.3 is 0 Å². The molecule has 0 radical (unpaired) electrons. The second-order valence-corrected chi connectivity index (χ2v) is 7.35. The van der Waals surface area contributed by atoms with Gasteiger partial charge in [0.1, 0.15) is 0 Å². The maximum absolute atomic E-state index is 5.92. The van der Waals surface area contributed by atoms with E-state index in [1.54, 1.807) is 16.8 Å². The Morgan fingerprint density at radius 1 is 1.04 bits per heavy atom. The lowest BCUT2D eigenvalue weighted by atomic mass is 10.2. The van der Waals surface area contributed by atoms with E-state index in [2.05, 4.69) is 41.7 Å². The Labute approximate surface area is 165 Å². The van der Waals surface area contributed by atoms with E-state index in [9.17, 15) is 0 Å². The summed E-state index contributed by atoms with van der Waals surface area (Å²) < 4.78 is 8.27. The lowest BCUT2D eigenvalue weighted by molar-refractivity contribution is 0.528. The Balaban J connectivity index is 1.50. The van der Waals surface area contributed by atoms with Gasteiger partial charge < -0.3 is 4.42 Å². The second kappa shape index (κ2) is 7.56. The summed E-state index contributed by atoms with van der Waals surface area (Å²) in [6.07, 6.45) is 0. The molecular formula is C16H10BrClN6OS. The first-order chi connectivity index (χ1) is 12.7. The second-order valence-electron chi connectivity index (χ2n) is 5.12. The molecule has 2 aromatic heterocycles. The van der Waals surface area contributed by atoms with Crippen molar-refractivity contribution in [2.24, 2.45) is 0 Å². The van der Waals surface area contributed by atoms with E-state index in [-0.39, 0.29) is 0 Å². The van der Waals surface area contributed by atoms with Gasteiger partial charge in [-0.2, -0.15) is 4.68 Å². The molecule has 0 aliphatic heterocycles. The standard InChI is InChI=1S/C16H10BrClN6OS/c17-13-4-2-1-3-12(13)15-20-19-14(25-15)9-26-16-21-22-23-24(16)11-7-5-10(18)6-8-11/h1-8H,9H2. The monoisotopic (exact) mass is 448 g/mol. The zero-order valence-corrected chi connectivity index (χ0v) is 16.2. The molecule has 0 aliphatic rings. The normalized spacial score (nSPS) is 11.0. The fourth-order valence-corrected chi connectivity index (χ4v) is 3.50. The van der Waals surface area contributed by atoms with Crippen LogP contribution in [-0.4, -0.2) is 30.4 Å². The summed E-state index contributed by atoms with van der Waals surface area (Å²) in [5.74, 6) is 1.41. The minimum absolute atomic E-state index is 0.450. The van der Waals surface area contributed by atoms with Crippen LogP contribution in [0.25, 0.3) is 17.1 Å². The molecule has 0 fully saturated rings. The van der Waals surface area contributed by atoms with Crippen LogP contribution in [0, 0.1) is 0 Å². The number of halogens is 2. The fourth-order valence-electron chi connectivity index (χ4n) is 2.19. The lowest BCUT2D eigenvalue weighted by Crippen LogP contribution is -1.98. The summed E-state index contributed by atoms with van der Waals surface area (Å²) in [6.45, 7) is 0. The predicted molar refractivity (Wildman–Crippen MR) is 101 cm³/mol. The number of rotatable bonds is 5. The van der Waals surface area contributed by atoms with E-state index in [1.165, 1.54) is 11.8 Å². The van der Waals surface area contributed by atoms with Crippen molar-refractivity contribution in [3.05, 3.63) is 63.9 Å². The first-order valence-electron chi connectivity index (χ1n) is 7.45. The van der Waals surface area contributed by atoms with Gasteiger partial charge in [0, 0.05) is 9.50 Å². The van der Waals surface area contributed by atoms with E-state index in [1.807, 2.05) is 36.4 Å². The average molecular weight is 450 g/mol. The Hall–Kier alpha value is -2.23. The highest BCUT2D eigenvalue weighted by molar-refractivity contribution is 9.10. The molecule has 26 heavy (non-hydrogen) atoms. The number of benzene rings is 2. The summed E-state index contributed by atoms with van der Waals surface area (Å²) in [7, 11) is 0. The SMILES string of the molecule is Clc1ccc(-n2nnnc2SCc2nnc(-c3ccccc3Br)o2)cc1. The maximum Gasteiger partial charge on any atom is 0.248 e. The van der Waals surface area contributed by atoms with Gasteiger partial charge in [-0.25, -0.2) is 0 Å². The molecule has 0 saturated carbocycles. The van der Waals surface area contributed by atoms with Crippen LogP contribution >= 0.6 is 39.3 Å². The highest BCUT2D eigenvalue weighted by Crippen LogP contribution is 2.28. The minimum Gasteiger partial charge on any atom is -0.420 e. The third-order valence-corrected chi connectivity index (χ3v) is 5.26. The van der Waals surface area contributed by atoms with Crippen LogP contribution in [0.3, 0.4) is 0 Å². The van der Waals surface area contributed by atoms with Crippen LogP contribution in [0.15, 0.2) is 62.6 Å². The number of thioether (sulfide) groups is 1. The van der Waals surface area contributed by atoms with Gasteiger partial charge in [0.2, 0.25) is 16.9 Å². The Morgan fingerprint density at radius 2 is 1.85 bits per heavy atom. The van der Waals surface area contributed by atoms with Gasteiger partial charge in [0.25, 0.3) is 0 Å². The summed E-state index contributed by atoms with van der Waals surface area (Å²) in [4.78, 5) is 0. The molecule has 4 aromatic rings. The van der Waals surface area contributed by atoms with Crippen molar-refractivity contribution in [2.75, 3.05) is 0 Å². The molecule has 0 atom stereocenters. The molecule has 0 unspecified atom stereocenters. The van der Waals surface area contributed by atoms with Gasteiger partial charge in [0.05, 0.1) is 17.0 Å². The molecule has 0 amide bonds. The fraction of sp³-hybridized carbons (Fsp3) is 0.0625. The lowest BCUT2D eigenvalue weighted by Gasteiger charge is -2.03. The van der Waals surface area contributed by atoms with Gasteiger partial charge in [-0.1, -0.05) is 35.5 Å². The van der Waals surface area contributed by atoms with Crippen molar-refractivity contribution in [2.45, 2.75) is 10.9 Å². The number of nitrogens with zero attached hydrogens (tertiary/aromatic N) is 6. The smallest absolute Gasteiger partial charge is 0.248 e. The summed E-state index contributed by atoms with van der Waals surface area (Å²) in [5, 5.41) is 21.3. The molecule has 7 nitrogen and oxygen atoms in total. The molecule has 0 spiro atoms. The maximum atomic E-state index is 5.92. The zero-order chi connectivity index (χ0) is 17.9. The molecule has 0 aliphatic carbocycles. The molecule has 10 heteroatoms. The quantitative estimate of drug-likeness (QED) is 0.417. The van der Waals surface area contributed by atoms with Crippen LogP contribution in [-0.2, 0) is 5.75 Å².